The lowest BCUT2D eigenvalue weighted by molar-refractivity contribution is 0.600. The summed E-state index contributed by atoms with van der Waals surface area (Å²) in [6.45, 7) is 2.25. The van der Waals surface area contributed by atoms with Crippen LogP contribution in [0, 0.1) is 6.92 Å². The Kier molecular flexibility index (Phi) is 4.88. The van der Waals surface area contributed by atoms with Gasteiger partial charge in [0.15, 0.2) is 0 Å². The van der Waals surface area contributed by atoms with Crippen LogP contribution in [-0.4, -0.2) is 8.42 Å². The molecule has 2 aromatic carbocycles. The molecule has 2 rings (SSSR count). The second-order valence-corrected chi connectivity index (χ2v) is 7.00. The summed E-state index contributed by atoms with van der Waals surface area (Å²) >= 11 is 6.01. The number of aryl methyl sites for hydroxylation is 1. The van der Waals surface area contributed by atoms with Crippen LogP contribution in [0.15, 0.2) is 42.5 Å². The van der Waals surface area contributed by atoms with E-state index in [0.29, 0.717) is 22.8 Å². The van der Waals surface area contributed by atoms with Crippen LogP contribution in [0.5, 0.6) is 0 Å². The third-order valence-corrected chi connectivity index (χ3v) is 4.54. The van der Waals surface area contributed by atoms with E-state index in [2.05, 4.69) is 4.72 Å². The van der Waals surface area contributed by atoms with Gasteiger partial charge in [0.2, 0.25) is 10.0 Å². The van der Waals surface area contributed by atoms with E-state index < -0.39 is 10.0 Å². The first-order valence-electron chi connectivity index (χ1n) is 6.44. The van der Waals surface area contributed by atoms with Crippen molar-refractivity contribution >= 4 is 27.3 Å². The summed E-state index contributed by atoms with van der Waals surface area (Å²) in [6.07, 6.45) is 0. The van der Waals surface area contributed by atoms with Crippen molar-refractivity contribution in [1.29, 1.82) is 0 Å². The van der Waals surface area contributed by atoms with Crippen LogP contribution >= 0.6 is 11.6 Å². The summed E-state index contributed by atoms with van der Waals surface area (Å²) < 4.78 is 27.0. The Balaban J connectivity index is 2.20. The molecule has 21 heavy (non-hydrogen) atoms. The lowest BCUT2D eigenvalue weighted by Gasteiger charge is -2.11. The Hall–Kier alpha value is -1.56. The lowest BCUT2D eigenvalue weighted by Crippen LogP contribution is -2.15. The van der Waals surface area contributed by atoms with Crippen molar-refractivity contribution in [3.05, 3.63) is 64.2 Å². The largest absolute Gasteiger partial charge is 0.326 e. The van der Waals surface area contributed by atoms with Gasteiger partial charge in [0.05, 0.1) is 16.5 Å². The van der Waals surface area contributed by atoms with Crippen molar-refractivity contribution in [3.8, 4) is 0 Å². The van der Waals surface area contributed by atoms with Crippen molar-refractivity contribution in [2.24, 2.45) is 5.73 Å². The molecule has 0 amide bonds. The minimum absolute atomic E-state index is 0.120. The van der Waals surface area contributed by atoms with E-state index in [1.807, 2.05) is 19.1 Å². The highest BCUT2D eigenvalue weighted by Gasteiger charge is 2.14. The number of hydrogen-bond acceptors (Lipinski definition) is 3. The second-order valence-electron chi connectivity index (χ2n) is 4.87. The fourth-order valence-corrected chi connectivity index (χ4v) is 3.40. The average Bonchev–Trinajstić information content (AvgIpc) is 2.42. The maximum absolute atomic E-state index is 12.2. The van der Waals surface area contributed by atoms with Crippen molar-refractivity contribution in [1.82, 2.24) is 0 Å². The highest BCUT2D eigenvalue weighted by molar-refractivity contribution is 7.91. The zero-order valence-corrected chi connectivity index (χ0v) is 13.2. The molecule has 0 aromatic heterocycles. The quantitative estimate of drug-likeness (QED) is 0.888. The summed E-state index contributed by atoms with van der Waals surface area (Å²) in [5.74, 6) is -0.120. The van der Waals surface area contributed by atoms with E-state index >= 15 is 0 Å². The Bertz CT molecular complexity index is 745. The van der Waals surface area contributed by atoms with Gasteiger partial charge in [0, 0.05) is 6.54 Å². The van der Waals surface area contributed by atoms with Gasteiger partial charge in [-0.25, -0.2) is 8.42 Å². The SMILES string of the molecule is Cc1ccc(Cl)c(NS(=O)(=O)Cc2cccc(CN)c2)c1. The monoisotopic (exact) mass is 324 g/mol. The van der Waals surface area contributed by atoms with E-state index in [9.17, 15) is 8.42 Å². The molecule has 3 N–H and O–H groups in total. The fourth-order valence-electron chi connectivity index (χ4n) is 1.99. The van der Waals surface area contributed by atoms with Gasteiger partial charge in [-0.1, -0.05) is 41.9 Å². The minimum Gasteiger partial charge on any atom is -0.326 e. The van der Waals surface area contributed by atoms with Gasteiger partial charge in [0.25, 0.3) is 0 Å². The normalized spacial score (nSPS) is 11.4. The summed E-state index contributed by atoms with van der Waals surface area (Å²) in [7, 11) is -3.53. The molecule has 0 aliphatic heterocycles. The molecule has 0 unspecified atom stereocenters. The molecule has 112 valence electrons. The van der Waals surface area contributed by atoms with Crippen LogP contribution in [0.3, 0.4) is 0 Å². The number of sulfonamides is 1. The Morgan fingerprint density at radius 3 is 2.57 bits per heavy atom. The fraction of sp³-hybridized carbons (Fsp3) is 0.200. The molecule has 6 heteroatoms. The molecule has 2 aromatic rings. The number of hydrogen-bond donors (Lipinski definition) is 2. The zero-order chi connectivity index (χ0) is 15.5. The highest BCUT2D eigenvalue weighted by Crippen LogP contribution is 2.24. The van der Waals surface area contributed by atoms with Crippen LogP contribution in [0.4, 0.5) is 5.69 Å². The molecule has 0 bridgehead atoms. The van der Waals surface area contributed by atoms with Gasteiger partial charge in [-0.05, 0) is 35.7 Å². The van der Waals surface area contributed by atoms with E-state index in [1.54, 1.807) is 30.3 Å². The Morgan fingerprint density at radius 1 is 1.14 bits per heavy atom. The van der Waals surface area contributed by atoms with E-state index in [-0.39, 0.29) is 5.75 Å². The van der Waals surface area contributed by atoms with Crippen LogP contribution in [0.1, 0.15) is 16.7 Å². The Morgan fingerprint density at radius 2 is 1.86 bits per heavy atom. The van der Waals surface area contributed by atoms with Gasteiger partial charge in [-0.15, -0.1) is 0 Å². The van der Waals surface area contributed by atoms with Crippen LogP contribution in [0.2, 0.25) is 5.02 Å². The molecule has 4 nitrogen and oxygen atoms in total. The molecule has 0 spiro atoms. The highest BCUT2D eigenvalue weighted by atomic mass is 35.5. The van der Waals surface area contributed by atoms with E-state index in [1.165, 1.54) is 0 Å². The molecule has 0 saturated heterocycles. The smallest absolute Gasteiger partial charge is 0.236 e. The third kappa shape index (κ3) is 4.46. The molecular formula is C15H17ClN2O2S. The summed E-state index contributed by atoms with van der Waals surface area (Å²) in [5, 5.41) is 0.375. The lowest BCUT2D eigenvalue weighted by atomic mass is 10.1. The van der Waals surface area contributed by atoms with Crippen molar-refractivity contribution in [3.63, 3.8) is 0 Å². The molecule has 0 saturated carbocycles. The number of rotatable bonds is 5. The average molecular weight is 325 g/mol. The van der Waals surface area contributed by atoms with Crippen LogP contribution in [-0.2, 0) is 22.3 Å². The van der Waals surface area contributed by atoms with Crippen molar-refractivity contribution < 1.29 is 8.42 Å². The zero-order valence-electron chi connectivity index (χ0n) is 11.6. The summed E-state index contributed by atoms with van der Waals surface area (Å²) in [5.41, 5.74) is 8.48. The van der Waals surface area contributed by atoms with Crippen molar-refractivity contribution in [2.45, 2.75) is 19.2 Å². The predicted molar refractivity (Wildman–Crippen MR) is 86.8 cm³/mol. The van der Waals surface area contributed by atoms with Crippen molar-refractivity contribution in [2.75, 3.05) is 4.72 Å². The Labute approximate surface area is 130 Å². The molecule has 0 heterocycles. The number of benzene rings is 2. The maximum atomic E-state index is 12.2. The van der Waals surface area contributed by atoms with Crippen LogP contribution in [0.25, 0.3) is 0 Å². The van der Waals surface area contributed by atoms with Gasteiger partial charge < -0.3 is 5.73 Å². The standard InChI is InChI=1S/C15H17ClN2O2S/c1-11-5-6-14(16)15(7-11)18-21(19,20)10-13-4-2-3-12(8-13)9-17/h2-8,18H,9-10,17H2,1H3. The number of halogens is 1. The van der Waals surface area contributed by atoms with Gasteiger partial charge in [-0.2, -0.15) is 0 Å². The molecule has 0 aliphatic carbocycles. The first-order chi connectivity index (χ1) is 9.89. The second kappa shape index (κ2) is 6.47. The van der Waals surface area contributed by atoms with E-state index in [0.717, 1.165) is 11.1 Å². The molecule has 0 fully saturated rings. The molecule has 0 atom stereocenters. The first-order valence-corrected chi connectivity index (χ1v) is 8.47. The molecule has 0 aliphatic rings. The molecular weight excluding hydrogens is 308 g/mol. The van der Waals surface area contributed by atoms with Gasteiger partial charge >= 0.3 is 0 Å². The van der Waals surface area contributed by atoms with Crippen LogP contribution < -0.4 is 10.5 Å². The maximum Gasteiger partial charge on any atom is 0.236 e. The topological polar surface area (TPSA) is 72.2 Å². The van der Waals surface area contributed by atoms with Gasteiger partial charge in [-0.3, -0.25) is 4.72 Å². The summed E-state index contributed by atoms with van der Waals surface area (Å²) in [4.78, 5) is 0. The summed E-state index contributed by atoms with van der Waals surface area (Å²) in [6, 6.07) is 12.4. The van der Waals surface area contributed by atoms with Gasteiger partial charge in [0.1, 0.15) is 0 Å². The van der Waals surface area contributed by atoms with E-state index in [4.69, 9.17) is 17.3 Å². The number of anilines is 1. The number of nitrogens with one attached hydrogen (secondary N) is 1. The molecule has 0 radical (unpaired) electrons. The first kappa shape index (κ1) is 15.8. The minimum atomic E-state index is -3.53. The third-order valence-electron chi connectivity index (χ3n) is 2.97. The predicted octanol–water partition coefficient (Wildman–Crippen LogP) is 3.05. The number of nitrogens with two attached hydrogens (primary N) is 1.